The van der Waals surface area contributed by atoms with Gasteiger partial charge in [0.05, 0.1) is 22.5 Å². The summed E-state index contributed by atoms with van der Waals surface area (Å²) in [5, 5.41) is 24.2. The third kappa shape index (κ3) is 2.03. The third-order valence-corrected chi connectivity index (χ3v) is 5.49. The van der Waals surface area contributed by atoms with Crippen LogP contribution in [0.5, 0.6) is 11.5 Å². The summed E-state index contributed by atoms with van der Waals surface area (Å²) in [5.74, 6) is -1.16. The predicted molar refractivity (Wildman–Crippen MR) is 84.6 cm³/mol. The molecular weight excluding hydrogens is 364 g/mol. The molecule has 2 amide bonds. The van der Waals surface area contributed by atoms with Gasteiger partial charge in [-0.1, -0.05) is 12.2 Å². The SMILES string of the molecule is O=C1[C@@H]2[C@@H](C(=O)N1/N=C\c1cc(Br)c(O)cc1O)[C@H]1C=C[C@H]2C1. The minimum absolute atomic E-state index is 0.106. The fourth-order valence-electron chi connectivity index (χ4n) is 3.79. The van der Waals surface area contributed by atoms with Gasteiger partial charge in [-0.25, -0.2) is 0 Å². The van der Waals surface area contributed by atoms with E-state index in [0.29, 0.717) is 10.0 Å². The second-order valence-electron chi connectivity index (χ2n) is 6.10. The van der Waals surface area contributed by atoms with Gasteiger partial charge in [-0.05, 0) is 40.3 Å². The number of hydrogen-bond donors (Lipinski definition) is 2. The molecule has 23 heavy (non-hydrogen) atoms. The van der Waals surface area contributed by atoms with E-state index >= 15 is 0 Å². The van der Waals surface area contributed by atoms with Crippen molar-refractivity contribution in [2.24, 2.45) is 28.8 Å². The fourth-order valence-corrected chi connectivity index (χ4v) is 4.15. The van der Waals surface area contributed by atoms with E-state index in [9.17, 15) is 19.8 Å². The van der Waals surface area contributed by atoms with Crippen molar-refractivity contribution in [1.82, 2.24) is 5.01 Å². The van der Waals surface area contributed by atoms with Crippen molar-refractivity contribution in [2.75, 3.05) is 0 Å². The molecule has 0 radical (unpaired) electrons. The molecule has 1 aliphatic heterocycles. The Kier molecular flexibility index (Phi) is 3.09. The molecule has 1 heterocycles. The summed E-state index contributed by atoms with van der Waals surface area (Å²) >= 11 is 3.14. The Bertz CT molecular complexity index is 759. The lowest BCUT2D eigenvalue weighted by Crippen LogP contribution is -2.28. The molecule has 4 atom stereocenters. The predicted octanol–water partition coefficient (Wildman–Crippen LogP) is 2.00. The first-order valence-electron chi connectivity index (χ1n) is 7.29. The summed E-state index contributed by atoms with van der Waals surface area (Å²) < 4.78 is 0.384. The Morgan fingerprint density at radius 1 is 1.09 bits per heavy atom. The molecule has 118 valence electrons. The number of phenolic OH excluding ortho intramolecular Hbond substituents is 2. The van der Waals surface area contributed by atoms with Crippen LogP contribution in [0.15, 0.2) is 33.9 Å². The maximum absolute atomic E-state index is 12.5. The van der Waals surface area contributed by atoms with Crippen LogP contribution in [0.4, 0.5) is 0 Å². The van der Waals surface area contributed by atoms with Crippen molar-refractivity contribution in [3.8, 4) is 11.5 Å². The molecule has 0 unspecified atom stereocenters. The summed E-state index contributed by atoms with van der Waals surface area (Å²) in [6.07, 6.45) is 6.17. The van der Waals surface area contributed by atoms with E-state index in [1.165, 1.54) is 12.3 Å². The highest BCUT2D eigenvalue weighted by Gasteiger charge is 2.59. The zero-order valence-corrected chi connectivity index (χ0v) is 13.5. The number of amides is 2. The number of halogens is 1. The minimum Gasteiger partial charge on any atom is -0.507 e. The second kappa shape index (κ2) is 4.92. The van der Waals surface area contributed by atoms with Crippen molar-refractivity contribution in [2.45, 2.75) is 6.42 Å². The number of carbonyl (C=O) groups excluding carboxylic acids is 2. The molecule has 2 fully saturated rings. The standard InChI is InChI=1S/C16H13BrN2O4/c17-10-4-9(11(20)5-12(10)21)6-18-19-15(22)13-7-1-2-8(3-7)14(13)16(19)23/h1-2,4-8,13-14,20-21H,3H2/b18-6-/t7-,8-,13-,14-/m0/s1. The lowest BCUT2D eigenvalue weighted by Gasteiger charge is -2.13. The molecule has 0 spiro atoms. The maximum Gasteiger partial charge on any atom is 0.254 e. The molecule has 2 bridgehead atoms. The Morgan fingerprint density at radius 3 is 2.30 bits per heavy atom. The van der Waals surface area contributed by atoms with Crippen LogP contribution in [0.1, 0.15) is 12.0 Å². The van der Waals surface area contributed by atoms with Gasteiger partial charge >= 0.3 is 0 Å². The van der Waals surface area contributed by atoms with Gasteiger partial charge in [-0.3, -0.25) is 9.59 Å². The number of hydrazone groups is 1. The highest BCUT2D eigenvalue weighted by molar-refractivity contribution is 9.10. The van der Waals surface area contributed by atoms with Crippen molar-refractivity contribution in [1.29, 1.82) is 0 Å². The van der Waals surface area contributed by atoms with Crippen molar-refractivity contribution < 1.29 is 19.8 Å². The molecule has 2 aliphatic carbocycles. The van der Waals surface area contributed by atoms with Gasteiger partial charge in [0, 0.05) is 11.6 Å². The van der Waals surface area contributed by atoms with Gasteiger partial charge in [0.15, 0.2) is 0 Å². The zero-order chi connectivity index (χ0) is 16.3. The minimum atomic E-state index is -0.296. The van der Waals surface area contributed by atoms with Crippen LogP contribution in [-0.4, -0.2) is 33.3 Å². The Labute approximate surface area is 140 Å². The number of phenols is 2. The molecule has 1 saturated heterocycles. The van der Waals surface area contributed by atoms with Gasteiger partial charge < -0.3 is 10.2 Å². The van der Waals surface area contributed by atoms with Crippen molar-refractivity contribution in [3.63, 3.8) is 0 Å². The topological polar surface area (TPSA) is 90.2 Å². The Hall–Kier alpha value is -2.15. The van der Waals surface area contributed by atoms with E-state index in [0.717, 1.165) is 17.5 Å². The summed E-state index contributed by atoms with van der Waals surface area (Å²) in [6, 6.07) is 2.63. The largest absolute Gasteiger partial charge is 0.507 e. The maximum atomic E-state index is 12.5. The number of hydrogen-bond acceptors (Lipinski definition) is 5. The molecule has 6 nitrogen and oxygen atoms in total. The number of nitrogens with zero attached hydrogens (tertiary/aromatic N) is 2. The van der Waals surface area contributed by atoms with Crippen molar-refractivity contribution in [3.05, 3.63) is 34.3 Å². The first-order valence-corrected chi connectivity index (χ1v) is 8.08. The van der Waals surface area contributed by atoms with Crippen LogP contribution in [0.25, 0.3) is 0 Å². The van der Waals surface area contributed by atoms with Gasteiger partial charge in [-0.15, -0.1) is 0 Å². The highest BCUT2D eigenvalue weighted by atomic mass is 79.9. The van der Waals surface area contributed by atoms with Crippen LogP contribution in [0.3, 0.4) is 0 Å². The molecule has 4 rings (SSSR count). The number of carbonyl (C=O) groups is 2. The number of imide groups is 1. The molecule has 1 aromatic rings. The van der Waals surface area contributed by atoms with E-state index in [1.54, 1.807) is 0 Å². The van der Waals surface area contributed by atoms with E-state index in [1.807, 2.05) is 12.2 Å². The molecule has 1 aromatic carbocycles. The van der Waals surface area contributed by atoms with E-state index in [2.05, 4.69) is 21.0 Å². The zero-order valence-electron chi connectivity index (χ0n) is 11.9. The number of benzene rings is 1. The van der Waals surface area contributed by atoms with Crippen LogP contribution < -0.4 is 0 Å². The van der Waals surface area contributed by atoms with E-state index in [-0.39, 0.29) is 47.0 Å². The van der Waals surface area contributed by atoms with Crippen LogP contribution >= 0.6 is 15.9 Å². The second-order valence-corrected chi connectivity index (χ2v) is 6.95. The van der Waals surface area contributed by atoms with Gasteiger partial charge in [0.25, 0.3) is 11.8 Å². The highest BCUT2D eigenvalue weighted by Crippen LogP contribution is 2.52. The van der Waals surface area contributed by atoms with Crippen LogP contribution in [-0.2, 0) is 9.59 Å². The lowest BCUT2D eigenvalue weighted by atomic mass is 9.85. The smallest absolute Gasteiger partial charge is 0.254 e. The molecule has 1 saturated carbocycles. The van der Waals surface area contributed by atoms with Gasteiger partial charge in [0.1, 0.15) is 11.5 Å². The normalized spacial score (nSPS) is 31.6. The molecule has 7 heteroatoms. The first-order chi connectivity index (χ1) is 11.0. The van der Waals surface area contributed by atoms with E-state index < -0.39 is 0 Å². The van der Waals surface area contributed by atoms with Crippen LogP contribution in [0, 0.1) is 23.7 Å². The molecule has 3 aliphatic rings. The fraction of sp³-hybridized carbons (Fsp3) is 0.312. The van der Waals surface area contributed by atoms with E-state index in [4.69, 9.17) is 0 Å². The Morgan fingerprint density at radius 2 is 1.70 bits per heavy atom. The summed E-state index contributed by atoms with van der Waals surface area (Å²) in [6.45, 7) is 0. The molecule has 2 N–H and O–H groups in total. The quantitative estimate of drug-likeness (QED) is 0.469. The number of allylic oxidation sites excluding steroid dienone is 2. The van der Waals surface area contributed by atoms with Gasteiger partial charge in [-0.2, -0.15) is 10.1 Å². The summed E-state index contributed by atoms with van der Waals surface area (Å²) in [4.78, 5) is 24.9. The number of fused-ring (bicyclic) bond motifs is 5. The lowest BCUT2D eigenvalue weighted by molar-refractivity contribution is -0.140. The Balaban J connectivity index is 1.62. The average Bonchev–Trinajstić information content (AvgIpc) is 3.17. The monoisotopic (exact) mass is 376 g/mol. The summed E-state index contributed by atoms with van der Waals surface area (Å²) in [7, 11) is 0. The molecular formula is C16H13BrN2O4. The average molecular weight is 377 g/mol. The number of rotatable bonds is 2. The number of aromatic hydroxyl groups is 2. The molecule has 0 aromatic heterocycles. The first kappa shape index (κ1) is 14.4. The van der Waals surface area contributed by atoms with Crippen molar-refractivity contribution >= 4 is 34.0 Å². The third-order valence-electron chi connectivity index (χ3n) is 4.86. The van der Waals surface area contributed by atoms with Gasteiger partial charge in [0.2, 0.25) is 0 Å². The van der Waals surface area contributed by atoms with Crippen LogP contribution in [0.2, 0.25) is 0 Å². The summed E-state index contributed by atoms with van der Waals surface area (Å²) in [5.41, 5.74) is 0.299.